The number of primary amides is 1. The number of ether oxygens (including phenoxy) is 1. The minimum atomic E-state index is -1.42. The predicted molar refractivity (Wildman–Crippen MR) is 143 cm³/mol. The van der Waals surface area contributed by atoms with Crippen molar-refractivity contribution in [3.63, 3.8) is 0 Å². The fraction of sp³-hybridized carbons (Fsp3) is 0.200. The number of carbonyl (C=O) groups excluding carboxylic acids is 4. The van der Waals surface area contributed by atoms with Gasteiger partial charge in [0.05, 0.1) is 11.0 Å². The molecule has 3 heterocycles. The summed E-state index contributed by atoms with van der Waals surface area (Å²) in [5, 5.41) is 23.7. The molecule has 7 N–H and O–H groups in total. The van der Waals surface area contributed by atoms with Gasteiger partial charge in [0.25, 0.3) is 5.91 Å². The second-order valence-corrected chi connectivity index (χ2v) is 10.1. The van der Waals surface area contributed by atoms with Crippen LogP contribution in [0, 0.1) is 0 Å². The number of aromatic hydroxyl groups is 1. The van der Waals surface area contributed by atoms with E-state index >= 15 is 0 Å². The molecule has 0 spiro atoms. The number of nitrogens with two attached hydrogens (primary N) is 1. The fourth-order valence-corrected chi connectivity index (χ4v) is 5.93. The zero-order chi connectivity index (χ0) is 29.4. The lowest BCUT2D eigenvalue weighted by Gasteiger charge is -2.49. The second-order valence-electron chi connectivity index (χ2n) is 9.02. The van der Waals surface area contributed by atoms with Crippen LogP contribution in [0.25, 0.3) is 11.0 Å². The number of amides is 4. The van der Waals surface area contributed by atoms with Crippen molar-refractivity contribution in [3.05, 3.63) is 75.8 Å². The Balaban J connectivity index is 1.39. The molecule has 5 rings (SSSR count). The van der Waals surface area contributed by atoms with Crippen LogP contribution >= 0.6 is 11.8 Å². The van der Waals surface area contributed by atoms with E-state index in [1.165, 1.54) is 24.3 Å². The molecule has 15 nitrogen and oxygen atoms in total. The Bertz CT molecular complexity index is 1680. The van der Waals surface area contributed by atoms with E-state index in [1.807, 2.05) is 0 Å². The van der Waals surface area contributed by atoms with Crippen LogP contribution in [0.5, 0.6) is 5.75 Å². The fourth-order valence-electron chi connectivity index (χ4n) is 4.60. The number of aromatic nitrogens is 2. The van der Waals surface area contributed by atoms with Crippen molar-refractivity contribution in [1.29, 1.82) is 0 Å². The summed E-state index contributed by atoms with van der Waals surface area (Å²) >= 11 is 1.14. The normalized spacial score (nSPS) is 18.7. The van der Waals surface area contributed by atoms with Crippen LogP contribution in [0.4, 0.5) is 9.59 Å². The molecule has 3 aromatic rings. The summed E-state index contributed by atoms with van der Waals surface area (Å²) < 4.78 is 5.52. The van der Waals surface area contributed by atoms with Gasteiger partial charge >= 0.3 is 23.8 Å². The van der Waals surface area contributed by atoms with E-state index in [2.05, 4.69) is 15.6 Å². The van der Waals surface area contributed by atoms with Crippen molar-refractivity contribution in [3.8, 4) is 5.75 Å². The van der Waals surface area contributed by atoms with E-state index < -0.39 is 59.7 Å². The minimum absolute atomic E-state index is 0.0807. The maximum atomic E-state index is 13.5. The maximum absolute atomic E-state index is 13.5. The first-order valence-corrected chi connectivity index (χ1v) is 13.0. The number of nitrogens with one attached hydrogen (secondary N) is 3. The molecule has 0 saturated carbocycles. The van der Waals surface area contributed by atoms with Crippen LogP contribution in [0.2, 0.25) is 0 Å². The summed E-state index contributed by atoms with van der Waals surface area (Å²) in [6.45, 7) is -0.417. The molecule has 16 heteroatoms. The number of carboxylic acid groups (broad SMARTS) is 1. The Morgan fingerprint density at radius 1 is 1.12 bits per heavy atom. The van der Waals surface area contributed by atoms with E-state index in [0.29, 0.717) is 5.52 Å². The van der Waals surface area contributed by atoms with Crippen LogP contribution in [0.1, 0.15) is 11.6 Å². The van der Waals surface area contributed by atoms with Crippen molar-refractivity contribution in [2.45, 2.75) is 17.5 Å². The third-order valence-corrected chi connectivity index (χ3v) is 7.83. The molecule has 0 bridgehead atoms. The monoisotopic (exact) mass is 582 g/mol. The molecule has 3 atom stereocenters. The van der Waals surface area contributed by atoms with Gasteiger partial charge < -0.3 is 36.3 Å². The van der Waals surface area contributed by atoms with Crippen molar-refractivity contribution in [1.82, 2.24) is 25.1 Å². The summed E-state index contributed by atoms with van der Waals surface area (Å²) in [7, 11) is 0. The van der Waals surface area contributed by atoms with Gasteiger partial charge in [-0.05, 0) is 29.8 Å². The Kier molecular flexibility index (Phi) is 7.15. The van der Waals surface area contributed by atoms with Crippen LogP contribution < -0.4 is 22.1 Å². The average Bonchev–Trinajstić information content (AvgIpc) is 3.28. The number of carboxylic acids is 1. The molecule has 2 aliphatic rings. The van der Waals surface area contributed by atoms with Crippen molar-refractivity contribution in [2.75, 3.05) is 12.4 Å². The summed E-state index contributed by atoms with van der Waals surface area (Å²) in [5.74, 6) is -2.99. The van der Waals surface area contributed by atoms with E-state index in [9.17, 15) is 39.0 Å². The number of phenolic OH excluding ortho intramolecular Hbond substituents is 1. The van der Waals surface area contributed by atoms with E-state index in [-0.39, 0.29) is 33.9 Å². The standard InChI is InChI=1S/C25H22N6O9S/c26-23(37)40-9-12-10-41-21-17(20(34)31(21)18(12)22(35)36)28-19(33)16(11-5-7-13(32)8-6-11)29-25(39)30-15-4-2-1-3-14(15)27-24(30)38/h1-8,16-17,21,32H,9-10H2,(H2,26,37)(H,27,38)(H,28,33)(H,29,39)(H,35,36)/t16?,17?,21-/m0/s1. The molecule has 0 radical (unpaired) electrons. The van der Waals surface area contributed by atoms with Crippen molar-refractivity contribution < 1.29 is 38.9 Å². The van der Waals surface area contributed by atoms with Gasteiger partial charge in [0.15, 0.2) is 0 Å². The molecule has 2 aliphatic heterocycles. The number of imidazole rings is 1. The topological polar surface area (TPSA) is 226 Å². The zero-order valence-corrected chi connectivity index (χ0v) is 21.7. The molecule has 2 aromatic carbocycles. The van der Waals surface area contributed by atoms with Crippen molar-refractivity contribution in [2.24, 2.45) is 5.73 Å². The smallest absolute Gasteiger partial charge is 0.404 e. The molecule has 41 heavy (non-hydrogen) atoms. The number of rotatable bonds is 7. The highest BCUT2D eigenvalue weighted by Crippen LogP contribution is 2.40. The number of H-pyrrole nitrogens is 1. The second kappa shape index (κ2) is 10.7. The van der Waals surface area contributed by atoms with Gasteiger partial charge in [0.2, 0.25) is 5.91 Å². The summed E-state index contributed by atoms with van der Waals surface area (Å²) in [5.41, 5.74) is 4.93. The van der Waals surface area contributed by atoms with Crippen LogP contribution in [0.3, 0.4) is 0 Å². The highest BCUT2D eigenvalue weighted by molar-refractivity contribution is 8.00. The van der Waals surface area contributed by atoms with E-state index in [1.54, 1.807) is 24.3 Å². The van der Waals surface area contributed by atoms with Crippen LogP contribution in [-0.4, -0.2) is 78.3 Å². The Labute approximate surface area is 233 Å². The van der Waals surface area contributed by atoms with Gasteiger partial charge in [-0.15, -0.1) is 11.8 Å². The van der Waals surface area contributed by atoms with E-state index in [0.717, 1.165) is 21.2 Å². The number of hydrogen-bond donors (Lipinski definition) is 6. The lowest BCUT2D eigenvalue weighted by molar-refractivity contribution is -0.151. The first-order valence-electron chi connectivity index (χ1n) is 12.0. The molecule has 1 aromatic heterocycles. The SMILES string of the molecule is NC(=O)OCC1=C(C(=O)O)N2C(=O)C(NC(=O)C(NC(=O)n3c(=O)[nH]c4ccccc43)c3ccc(O)cc3)[C@@H]2SC1. The number of aromatic amines is 1. The van der Waals surface area contributed by atoms with Gasteiger partial charge in [-0.3, -0.25) is 14.5 Å². The molecule has 1 fully saturated rings. The number of hydrogen-bond acceptors (Lipinski definition) is 9. The number of carbonyl (C=O) groups is 5. The molecule has 1 saturated heterocycles. The van der Waals surface area contributed by atoms with Crippen LogP contribution in [-0.2, 0) is 19.1 Å². The van der Waals surface area contributed by atoms with Gasteiger partial charge in [0, 0.05) is 11.3 Å². The molecular weight excluding hydrogens is 560 g/mol. The van der Waals surface area contributed by atoms with Gasteiger partial charge in [-0.2, -0.15) is 0 Å². The number of aliphatic carboxylic acids is 1. The zero-order valence-electron chi connectivity index (χ0n) is 20.9. The first-order chi connectivity index (χ1) is 19.6. The molecule has 0 aliphatic carbocycles. The number of fused-ring (bicyclic) bond motifs is 2. The van der Waals surface area contributed by atoms with Crippen molar-refractivity contribution >= 4 is 52.7 Å². The van der Waals surface area contributed by atoms with Gasteiger partial charge in [-0.1, -0.05) is 24.3 Å². The lowest BCUT2D eigenvalue weighted by Crippen LogP contribution is -2.71. The number of phenols is 1. The third kappa shape index (κ3) is 5.07. The van der Waals surface area contributed by atoms with E-state index in [4.69, 9.17) is 10.5 Å². The number of thioether (sulfide) groups is 1. The highest BCUT2D eigenvalue weighted by atomic mass is 32.2. The Hall–Kier alpha value is -5.25. The number of nitrogens with zero attached hydrogens (tertiary/aromatic N) is 2. The minimum Gasteiger partial charge on any atom is -0.508 e. The Morgan fingerprint density at radius 3 is 2.51 bits per heavy atom. The quantitative estimate of drug-likeness (QED) is 0.207. The number of para-hydroxylation sites is 2. The summed E-state index contributed by atoms with van der Waals surface area (Å²) in [6, 6.07) is 8.34. The lowest BCUT2D eigenvalue weighted by atomic mass is 10.0. The molecule has 4 amide bonds. The molecule has 2 unspecified atom stereocenters. The first kappa shape index (κ1) is 27.3. The Morgan fingerprint density at radius 2 is 1.83 bits per heavy atom. The summed E-state index contributed by atoms with van der Waals surface area (Å²) in [6.07, 6.45) is -1.10. The average molecular weight is 583 g/mol. The summed E-state index contributed by atoms with van der Waals surface area (Å²) in [4.78, 5) is 78.7. The van der Waals surface area contributed by atoms with Gasteiger partial charge in [0.1, 0.15) is 35.5 Å². The van der Waals surface area contributed by atoms with Crippen LogP contribution in [0.15, 0.2) is 64.6 Å². The third-order valence-electron chi connectivity index (χ3n) is 6.49. The van der Waals surface area contributed by atoms with Gasteiger partial charge in [-0.25, -0.2) is 23.7 Å². The predicted octanol–water partition coefficient (Wildman–Crippen LogP) is 0.168. The number of benzene rings is 2. The maximum Gasteiger partial charge on any atom is 0.404 e. The number of β-lactam (4-membered cyclic amide) rings is 1. The molecule has 212 valence electrons. The molecular formula is C25H22N6O9S. The highest BCUT2D eigenvalue weighted by Gasteiger charge is 2.54. The largest absolute Gasteiger partial charge is 0.508 e.